The first-order valence-corrected chi connectivity index (χ1v) is 5.44. The van der Waals surface area contributed by atoms with Crippen molar-refractivity contribution in [3.05, 3.63) is 34.6 Å². The molecule has 0 aliphatic heterocycles. The minimum atomic E-state index is -0.719. The van der Waals surface area contributed by atoms with Crippen LogP contribution in [0, 0.1) is 5.82 Å². The van der Waals surface area contributed by atoms with Gasteiger partial charge in [0, 0.05) is 13.1 Å². The highest BCUT2D eigenvalue weighted by atomic mass is 35.5. The van der Waals surface area contributed by atoms with Crippen LogP contribution in [0.5, 0.6) is 0 Å². The van der Waals surface area contributed by atoms with Gasteiger partial charge in [-0.2, -0.15) is 0 Å². The van der Waals surface area contributed by atoms with Gasteiger partial charge < -0.3 is 15.1 Å². The van der Waals surface area contributed by atoms with E-state index in [4.69, 9.17) is 21.8 Å². The highest BCUT2D eigenvalue weighted by Crippen LogP contribution is 2.20. The van der Waals surface area contributed by atoms with E-state index in [0.29, 0.717) is 0 Å². The topological polar surface area (TPSA) is 60.8 Å². The Kier molecular flexibility index (Phi) is 5.34. The van der Waals surface area contributed by atoms with Crippen LogP contribution in [0.1, 0.15) is 10.4 Å². The number of benzene rings is 1. The van der Waals surface area contributed by atoms with E-state index in [1.807, 2.05) is 0 Å². The number of carbonyl (C=O) groups excluding carboxylic acids is 1. The Morgan fingerprint density at radius 1 is 1.29 bits per heavy atom. The van der Waals surface area contributed by atoms with E-state index in [0.717, 1.165) is 11.0 Å². The fourth-order valence-electron chi connectivity index (χ4n) is 1.42. The Balaban J connectivity index is 3.00. The minimum absolute atomic E-state index is 0.0101. The summed E-state index contributed by atoms with van der Waals surface area (Å²) >= 11 is 5.76. The molecular weight excluding hydrogens is 249 g/mol. The maximum absolute atomic E-state index is 13.5. The summed E-state index contributed by atoms with van der Waals surface area (Å²) in [6, 6.07) is 3.94. The number of halogens is 2. The molecule has 0 aliphatic carbocycles. The van der Waals surface area contributed by atoms with Crippen molar-refractivity contribution in [3.8, 4) is 0 Å². The van der Waals surface area contributed by atoms with Crippen molar-refractivity contribution in [1.29, 1.82) is 0 Å². The fourth-order valence-corrected chi connectivity index (χ4v) is 1.66. The van der Waals surface area contributed by atoms with Crippen LogP contribution in [0.15, 0.2) is 18.2 Å². The van der Waals surface area contributed by atoms with Gasteiger partial charge in [0.15, 0.2) is 0 Å². The molecule has 2 N–H and O–H groups in total. The molecule has 94 valence electrons. The third-order valence-electron chi connectivity index (χ3n) is 2.20. The average molecular weight is 262 g/mol. The van der Waals surface area contributed by atoms with Gasteiger partial charge >= 0.3 is 0 Å². The second-order valence-corrected chi connectivity index (χ2v) is 3.74. The van der Waals surface area contributed by atoms with Crippen molar-refractivity contribution in [2.75, 3.05) is 26.3 Å². The normalized spacial score (nSPS) is 10.4. The third-order valence-corrected chi connectivity index (χ3v) is 2.52. The van der Waals surface area contributed by atoms with E-state index in [-0.39, 0.29) is 36.9 Å². The lowest BCUT2D eigenvalue weighted by molar-refractivity contribution is 0.0680. The van der Waals surface area contributed by atoms with Crippen molar-refractivity contribution >= 4 is 17.5 Å². The molecule has 0 unspecified atom stereocenters. The lowest BCUT2D eigenvalue weighted by atomic mass is 10.2. The summed E-state index contributed by atoms with van der Waals surface area (Å²) in [7, 11) is 0. The summed E-state index contributed by atoms with van der Waals surface area (Å²) < 4.78 is 13.5. The predicted molar refractivity (Wildman–Crippen MR) is 61.5 cm³/mol. The van der Waals surface area contributed by atoms with Gasteiger partial charge in [0.25, 0.3) is 5.91 Å². The van der Waals surface area contributed by atoms with Crippen LogP contribution in [0.2, 0.25) is 5.02 Å². The number of carbonyl (C=O) groups is 1. The molecule has 17 heavy (non-hydrogen) atoms. The van der Waals surface area contributed by atoms with Crippen molar-refractivity contribution < 1.29 is 19.4 Å². The van der Waals surface area contributed by atoms with E-state index < -0.39 is 11.7 Å². The Hall–Kier alpha value is -1.17. The quantitative estimate of drug-likeness (QED) is 0.828. The smallest absolute Gasteiger partial charge is 0.258 e. The molecule has 4 nitrogen and oxygen atoms in total. The second-order valence-electron chi connectivity index (χ2n) is 3.34. The molecular formula is C11H13ClFNO3. The molecule has 1 aromatic rings. The van der Waals surface area contributed by atoms with Gasteiger partial charge in [-0.05, 0) is 12.1 Å². The molecule has 0 spiro atoms. The molecule has 0 saturated carbocycles. The molecule has 0 radical (unpaired) electrons. The number of aliphatic hydroxyl groups is 2. The third kappa shape index (κ3) is 3.39. The summed E-state index contributed by atoms with van der Waals surface area (Å²) in [5, 5.41) is 17.6. The van der Waals surface area contributed by atoms with E-state index in [9.17, 15) is 9.18 Å². The molecule has 0 aliphatic rings. The monoisotopic (exact) mass is 261 g/mol. The first kappa shape index (κ1) is 13.9. The Bertz CT molecular complexity index is 374. The van der Waals surface area contributed by atoms with Gasteiger partial charge in [0.1, 0.15) is 5.82 Å². The van der Waals surface area contributed by atoms with Crippen molar-refractivity contribution in [3.63, 3.8) is 0 Å². The molecule has 1 rings (SSSR count). The standard InChI is InChI=1S/C11H13ClFNO3/c12-8-2-1-3-9(13)10(8)11(17)14(4-6-15)5-7-16/h1-3,15-16H,4-7H2. The Morgan fingerprint density at radius 3 is 2.35 bits per heavy atom. The number of hydrogen-bond donors (Lipinski definition) is 2. The average Bonchev–Trinajstić information content (AvgIpc) is 2.28. The number of hydrogen-bond acceptors (Lipinski definition) is 3. The molecule has 1 amide bonds. The summed E-state index contributed by atoms with van der Waals surface area (Å²) in [5.41, 5.74) is -0.240. The Morgan fingerprint density at radius 2 is 1.88 bits per heavy atom. The molecule has 1 aromatic carbocycles. The van der Waals surface area contributed by atoms with Gasteiger partial charge in [-0.3, -0.25) is 4.79 Å². The van der Waals surface area contributed by atoms with E-state index in [2.05, 4.69) is 0 Å². The number of nitrogens with zero attached hydrogens (tertiary/aromatic N) is 1. The number of aliphatic hydroxyl groups excluding tert-OH is 2. The van der Waals surface area contributed by atoms with Crippen LogP contribution in [-0.4, -0.2) is 47.3 Å². The number of rotatable bonds is 5. The van der Waals surface area contributed by atoms with E-state index in [1.165, 1.54) is 12.1 Å². The zero-order valence-corrected chi connectivity index (χ0v) is 9.82. The van der Waals surface area contributed by atoms with Gasteiger partial charge in [-0.1, -0.05) is 17.7 Å². The van der Waals surface area contributed by atoms with Gasteiger partial charge in [-0.25, -0.2) is 4.39 Å². The summed E-state index contributed by atoms with van der Waals surface area (Å²) in [4.78, 5) is 13.1. The molecule has 0 heterocycles. The van der Waals surface area contributed by atoms with Gasteiger partial charge in [0.05, 0.1) is 23.8 Å². The van der Waals surface area contributed by atoms with Gasteiger partial charge in [0.2, 0.25) is 0 Å². The number of amides is 1. The summed E-state index contributed by atoms with van der Waals surface area (Å²) in [5.74, 6) is -1.36. The molecule has 0 saturated heterocycles. The van der Waals surface area contributed by atoms with Crippen LogP contribution in [-0.2, 0) is 0 Å². The molecule has 0 fully saturated rings. The molecule has 0 bridgehead atoms. The maximum atomic E-state index is 13.5. The van der Waals surface area contributed by atoms with Gasteiger partial charge in [-0.15, -0.1) is 0 Å². The van der Waals surface area contributed by atoms with Crippen molar-refractivity contribution in [2.45, 2.75) is 0 Å². The van der Waals surface area contributed by atoms with Crippen LogP contribution in [0.25, 0.3) is 0 Å². The first-order valence-electron chi connectivity index (χ1n) is 5.06. The zero-order chi connectivity index (χ0) is 12.8. The maximum Gasteiger partial charge on any atom is 0.258 e. The van der Waals surface area contributed by atoms with Crippen LogP contribution in [0.3, 0.4) is 0 Å². The summed E-state index contributed by atoms with van der Waals surface area (Å²) in [6.45, 7) is -0.496. The fraction of sp³-hybridized carbons (Fsp3) is 0.364. The van der Waals surface area contributed by atoms with Crippen molar-refractivity contribution in [1.82, 2.24) is 4.90 Å². The van der Waals surface area contributed by atoms with E-state index >= 15 is 0 Å². The SMILES string of the molecule is O=C(c1c(F)cccc1Cl)N(CCO)CCO. The highest BCUT2D eigenvalue weighted by molar-refractivity contribution is 6.33. The Labute approximate surface area is 103 Å². The summed E-state index contributed by atoms with van der Waals surface area (Å²) in [6.07, 6.45) is 0. The lowest BCUT2D eigenvalue weighted by Crippen LogP contribution is -2.36. The largest absolute Gasteiger partial charge is 0.395 e. The molecule has 0 atom stereocenters. The van der Waals surface area contributed by atoms with Crippen LogP contribution in [0.4, 0.5) is 4.39 Å². The lowest BCUT2D eigenvalue weighted by Gasteiger charge is -2.21. The van der Waals surface area contributed by atoms with Crippen LogP contribution >= 0.6 is 11.6 Å². The van der Waals surface area contributed by atoms with E-state index in [1.54, 1.807) is 0 Å². The molecule has 6 heteroatoms. The first-order chi connectivity index (χ1) is 8.11. The minimum Gasteiger partial charge on any atom is -0.395 e. The second kappa shape index (κ2) is 6.54. The predicted octanol–water partition coefficient (Wildman–Crippen LogP) is 0.906. The zero-order valence-electron chi connectivity index (χ0n) is 9.07. The molecule has 0 aromatic heterocycles. The highest BCUT2D eigenvalue weighted by Gasteiger charge is 2.21. The van der Waals surface area contributed by atoms with Crippen molar-refractivity contribution in [2.24, 2.45) is 0 Å². The van der Waals surface area contributed by atoms with Crippen LogP contribution < -0.4 is 0 Å².